The first-order valence-corrected chi connectivity index (χ1v) is 8.07. The van der Waals surface area contributed by atoms with Gasteiger partial charge in [-0.2, -0.15) is 15.0 Å². The molecule has 2 aliphatic rings. The number of hydrogen-bond acceptors (Lipinski definition) is 6. The van der Waals surface area contributed by atoms with Gasteiger partial charge in [-0.25, -0.2) is 0 Å². The first-order chi connectivity index (χ1) is 10.2. The van der Waals surface area contributed by atoms with Crippen LogP contribution in [-0.4, -0.2) is 48.7 Å². The van der Waals surface area contributed by atoms with Gasteiger partial charge in [0.1, 0.15) is 0 Å². The number of nitrogens with one attached hydrogen (secondary N) is 1. The van der Waals surface area contributed by atoms with E-state index >= 15 is 0 Å². The van der Waals surface area contributed by atoms with Crippen molar-refractivity contribution in [1.29, 1.82) is 0 Å². The van der Waals surface area contributed by atoms with Gasteiger partial charge in [-0.3, -0.25) is 0 Å². The smallest absolute Gasteiger partial charge is 0.232 e. The molecule has 2 fully saturated rings. The van der Waals surface area contributed by atoms with Crippen molar-refractivity contribution in [3.8, 4) is 0 Å². The topological polar surface area (TPSA) is 57.2 Å². The van der Waals surface area contributed by atoms with E-state index in [1.165, 1.54) is 38.5 Å². The summed E-state index contributed by atoms with van der Waals surface area (Å²) in [7, 11) is 5.80. The van der Waals surface area contributed by atoms with Crippen molar-refractivity contribution < 1.29 is 0 Å². The van der Waals surface area contributed by atoms with Gasteiger partial charge in [0.05, 0.1) is 0 Å². The van der Waals surface area contributed by atoms with E-state index in [-0.39, 0.29) is 0 Å². The highest BCUT2D eigenvalue weighted by Crippen LogP contribution is 2.37. The van der Waals surface area contributed by atoms with Crippen LogP contribution in [0, 0.1) is 5.92 Å². The van der Waals surface area contributed by atoms with E-state index in [2.05, 4.69) is 25.2 Å². The zero-order valence-electron chi connectivity index (χ0n) is 13.3. The summed E-state index contributed by atoms with van der Waals surface area (Å²) in [5, 5.41) is 3.06. The maximum absolute atomic E-state index is 4.69. The van der Waals surface area contributed by atoms with Crippen LogP contribution in [0.3, 0.4) is 0 Å². The van der Waals surface area contributed by atoms with E-state index in [1.807, 2.05) is 26.0 Å². The minimum absolute atomic E-state index is 0.620. The molecule has 116 valence electrons. The minimum atomic E-state index is 0.620. The summed E-state index contributed by atoms with van der Waals surface area (Å²) in [5.74, 6) is 3.05. The lowest BCUT2D eigenvalue weighted by atomic mass is 9.78. The van der Waals surface area contributed by atoms with Gasteiger partial charge in [0.15, 0.2) is 0 Å². The Morgan fingerprint density at radius 1 is 1.05 bits per heavy atom. The number of anilines is 3. The Hall–Kier alpha value is -1.59. The molecule has 1 saturated heterocycles. The molecule has 1 saturated carbocycles. The van der Waals surface area contributed by atoms with E-state index in [0.717, 1.165) is 24.4 Å². The molecule has 6 nitrogen and oxygen atoms in total. The number of nitrogens with zero attached hydrogens (tertiary/aromatic N) is 5. The van der Waals surface area contributed by atoms with Crippen molar-refractivity contribution in [2.24, 2.45) is 5.92 Å². The average Bonchev–Trinajstić information content (AvgIpc) is 2.53. The zero-order chi connectivity index (χ0) is 14.8. The molecule has 0 spiro atoms. The van der Waals surface area contributed by atoms with Crippen LogP contribution in [0.15, 0.2) is 0 Å². The number of hydrogen-bond donors (Lipinski definition) is 1. The number of aromatic nitrogens is 3. The molecule has 6 heteroatoms. The second kappa shape index (κ2) is 6.03. The van der Waals surface area contributed by atoms with Crippen molar-refractivity contribution >= 4 is 17.8 Å². The maximum Gasteiger partial charge on any atom is 0.232 e. The molecule has 2 atom stereocenters. The SMILES string of the molecule is CNc1nc(N(C)C)nc(N2CCCC3CCCCC32)n1. The molecule has 1 aromatic heterocycles. The highest BCUT2D eigenvalue weighted by atomic mass is 15.4. The summed E-state index contributed by atoms with van der Waals surface area (Å²) in [5.41, 5.74) is 0. The summed E-state index contributed by atoms with van der Waals surface area (Å²) in [4.78, 5) is 18.1. The van der Waals surface area contributed by atoms with Crippen LogP contribution >= 0.6 is 0 Å². The average molecular weight is 290 g/mol. The Morgan fingerprint density at radius 3 is 2.57 bits per heavy atom. The molecule has 3 rings (SSSR count). The molecule has 1 aromatic rings. The van der Waals surface area contributed by atoms with Crippen molar-refractivity contribution in [2.75, 3.05) is 42.8 Å². The third-order valence-corrected chi connectivity index (χ3v) is 4.74. The van der Waals surface area contributed by atoms with Crippen LogP contribution in [0.4, 0.5) is 17.8 Å². The molecule has 0 radical (unpaired) electrons. The molecule has 21 heavy (non-hydrogen) atoms. The maximum atomic E-state index is 4.69. The Balaban J connectivity index is 1.92. The second-order valence-corrected chi connectivity index (χ2v) is 6.35. The van der Waals surface area contributed by atoms with Crippen LogP contribution in [0.5, 0.6) is 0 Å². The Morgan fingerprint density at radius 2 is 1.81 bits per heavy atom. The summed E-state index contributed by atoms with van der Waals surface area (Å²) < 4.78 is 0. The van der Waals surface area contributed by atoms with Gasteiger partial charge < -0.3 is 15.1 Å². The van der Waals surface area contributed by atoms with Crippen LogP contribution < -0.4 is 15.1 Å². The first kappa shape index (κ1) is 14.4. The van der Waals surface area contributed by atoms with Gasteiger partial charge in [0.2, 0.25) is 17.8 Å². The predicted octanol–water partition coefficient (Wildman–Crippen LogP) is 2.14. The van der Waals surface area contributed by atoms with Gasteiger partial charge in [0, 0.05) is 33.7 Å². The van der Waals surface area contributed by atoms with Crippen LogP contribution in [0.1, 0.15) is 38.5 Å². The molecule has 0 amide bonds. The van der Waals surface area contributed by atoms with Crippen molar-refractivity contribution in [3.05, 3.63) is 0 Å². The second-order valence-electron chi connectivity index (χ2n) is 6.35. The molecule has 1 N–H and O–H groups in total. The monoisotopic (exact) mass is 290 g/mol. The van der Waals surface area contributed by atoms with E-state index in [1.54, 1.807) is 0 Å². The van der Waals surface area contributed by atoms with Gasteiger partial charge in [-0.1, -0.05) is 12.8 Å². The zero-order valence-corrected chi connectivity index (χ0v) is 13.3. The van der Waals surface area contributed by atoms with Crippen molar-refractivity contribution in [2.45, 2.75) is 44.6 Å². The lowest BCUT2D eigenvalue weighted by Crippen LogP contribution is -2.47. The predicted molar refractivity (Wildman–Crippen MR) is 86.0 cm³/mol. The fourth-order valence-corrected chi connectivity index (χ4v) is 3.67. The molecular formula is C15H26N6. The molecule has 2 unspecified atom stereocenters. The molecule has 0 bridgehead atoms. The molecule has 1 aliphatic carbocycles. The van der Waals surface area contributed by atoms with Gasteiger partial charge in [-0.05, 0) is 31.6 Å². The fourth-order valence-electron chi connectivity index (χ4n) is 3.67. The van der Waals surface area contributed by atoms with E-state index in [0.29, 0.717) is 12.0 Å². The van der Waals surface area contributed by atoms with Crippen molar-refractivity contribution in [3.63, 3.8) is 0 Å². The van der Waals surface area contributed by atoms with E-state index in [4.69, 9.17) is 0 Å². The summed E-state index contributed by atoms with van der Waals surface area (Å²) in [6, 6.07) is 0.620. The highest BCUT2D eigenvalue weighted by molar-refractivity contribution is 5.45. The molecular weight excluding hydrogens is 264 g/mol. The normalized spacial score (nSPS) is 25.4. The van der Waals surface area contributed by atoms with E-state index in [9.17, 15) is 0 Å². The lowest BCUT2D eigenvalue weighted by Gasteiger charge is -2.44. The van der Waals surface area contributed by atoms with E-state index < -0.39 is 0 Å². The number of piperidine rings is 1. The van der Waals surface area contributed by atoms with Crippen LogP contribution in [-0.2, 0) is 0 Å². The highest BCUT2D eigenvalue weighted by Gasteiger charge is 2.34. The Labute approximate surface area is 127 Å². The first-order valence-electron chi connectivity index (χ1n) is 8.07. The van der Waals surface area contributed by atoms with Gasteiger partial charge in [0.25, 0.3) is 0 Å². The summed E-state index contributed by atoms with van der Waals surface area (Å²) in [6.45, 7) is 1.07. The molecule has 1 aliphatic heterocycles. The fraction of sp³-hybridized carbons (Fsp3) is 0.800. The minimum Gasteiger partial charge on any atom is -0.357 e. The third-order valence-electron chi connectivity index (χ3n) is 4.74. The molecule has 0 aromatic carbocycles. The third kappa shape index (κ3) is 2.89. The number of rotatable bonds is 3. The largest absolute Gasteiger partial charge is 0.357 e. The van der Waals surface area contributed by atoms with Gasteiger partial charge in [-0.15, -0.1) is 0 Å². The summed E-state index contributed by atoms with van der Waals surface area (Å²) in [6.07, 6.45) is 7.98. The van der Waals surface area contributed by atoms with Crippen molar-refractivity contribution in [1.82, 2.24) is 15.0 Å². The van der Waals surface area contributed by atoms with Crippen LogP contribution in [0.25, 0.3) is 0 Å². The Kier molecular flexibility index (Phi) is 4.12. The number of fused-ring (bicyclic) bond motifs is 1. The molecule has 2 heterocycles. The summed E-state index contributed by atoms with van der Waals surface area (Å²) >= 11 is 0. The van der Waals surface area contributed by atoms with Crippen LogP contribution in [0.2, 0.25) is 0 Å². The lowest BCUT2D eigenvalue weighted by molar-refractivity contribution is 0.241. The van der Waals surface area contributed by atoms with Gasteiger partial charge >= 0.3 is 0 Å². The standard InChI is InChI=1S/C15H26N6/c1-16-13-17-14(20(2)3)19-15(18-13)21-10-6-8-11-7-4-5-9-12(11)21/h11-12H,4-10H2,1-3H3,(H,16,17,18,19). The Bertz CT molecular complexity index is 487. The quantitative estimate of drug-likeness (QED) is 0.920.